The van der Waals surface area contributed by atoms with Crippen molar-refractivity contribution < 1.29 is 4.79 Å². The summed E-state index contributed by atoms with van der Waals surface area (Å²) in [5.41, 5.74) is 5.84. The van der Waals surface area contributed by atoms with Gasteiger partial charge < -0.3 is 4.57 Å². The van der Waals surface area contributed by atoms with Gasteiger partial charge in [-0.05, 0) is 35.6 Å². The first kappa shape index (κ1) is 23.2. The zero-order chi connectivity index (χ0) is 22.4. The van der Waals surface area contributed by atoms with Crippen LogP contribution in [0.4, 0.5) is 0 Å². The van der Waals surface area contributed by atoms with Crippen molar-refractivity contribution in [2.24, 2.45) is 5.10 Å². The highest BCUT2D eigenvalue weighted by atomic mass is 79.9. The lowest BCUT2D eigenvalue weighted by Crippen LogP contribution is -2.20. The number of benzene rings is 2. The minimum Gasteiger partial charge on any atom is -0.302 e. The fraction of sp³-hybridized carbons (Fsp3) is 0.304. The van der Waals surface area contributed by atoms with Crippen LogP contribution < -0.4 is 5.43 Å². The molecule has 1 heterocycles. The van der Waals surface area contributed by atoms with E-state index in [1.165, 1.54) is 17.3 Å². The number of nitrogens with zero attached hydrogens (tertiary/aromatic N) is 4. The quantitative estimate of drug-likeness (QED) is 0.273. The lowest BCUT2D eigenvalue weighted by Gasteiger charge is -2.19. The molecule has 0 aliphatic carbocycles. The monoisotopic (exact) mass is 499 g/mol. The first-order valence-corrected chi connectivity index (χ1v) is 11.8. The number of thioether (sulfide) groups is 1. The van der Waals surface area contributed by atoms with E-state index < -0.39 is 0 Å². The van der Waals surface area contributed by atoms with Gasteiger partial charge in [-0.2, -0.15) is 5.10 Å². The van der Waals surface area contributed by atoms with Crippen LogP contribution in [-0.2, 0) is 16.8 Å². The molecule has 3 rings (SSSR count). The zero-order valence-corrected chi connectivity index (χ0v) is 20.5. The van der Waals surface area contributed by atoms with E-state index in [9.17, 15) is 4.79 Å². The van der Waals surface area contributed by atoms with Crippen LogP contribution in [0.3, 0.4) is 0 Å². The van der Waals surface area contributed by atoms with E-state index in [1.54, 1.807) is 6.21 Å². The van der Waals surface area contributed by atoms with Crippen molar-refractivity contribution in [2.45, 2.75) is 44.8 Å². The van der Waals surface area contributed by atoms with E-state index in [0.29, 0.717) is 11.7 Å². The first-order valence-electron chi connectivity index (χ1n) is 10.0. The number of carbonyl (C=O) groups excluding carboxylic acids is 1. The van der Waals surface area contributed by atoms with Gasteiger partial charge in [-0.1, -0.05) is 84.9 Å². The van der Waals surface area contributed by atoms with E-state index in [-0.39, 0.29) is 17.1 Å². The van der Waals surface area contributed by atoms with Crippen LogP contribution >= 0.6 is 27.7 Å². The number of aromatic nitrogens is 3. The van der Waals surface area contributed by atoms with Gasteiger partial charge in [0.05, 0.1) is 12.0 Å². The highest BCUT2D eigenvalue weighted by Crippen LogP contribution is 2.27. The Morgan fingerprint density at radius 2 is 1.94 bits per heavy atom. The number of hydrogen-bond donors (Lipinski definition) is 1. The van der Waals surface area contributed by atoms with Crippen LogP contribution in [0.2, 0.25) is 0 Å². The molecule has 0 saturated carbocycles. The molecule has 0 unspecified atom stereocenters. The van der Waals surface area contributed by atoms with Crippen LogP contribution in [0, 0.1) is 0 Å². The summed E-state index contributed by atoms with van der Waals surface area (Å²) < 4.78 is 2.98. The fourth-order valence-electron chi connectivity index (χ4n) is 2.94. The van der Waals surface area contributed by atoms with Crippen LogP contribution in [-0.4, -0.2) is 32.6 Å². The number of carbonyl (C=O) groups is 1. The Labute approximate surface area is 195 Å². The lowest BCUT2D eigenvalue weighted by atomic mass is 9.87. The molecule has 3 aromatic rings. The molecule has 0 aliphatic rings. The second kappa shape index (κ2) is 10.2. The average molecular weight is 500 g/mol. The summed E-state index contributed by atoms with van der Waals surface area (Å²) in [7, 11) is 0. The Balaban J connectivity index is 1.62. The molecule has 0 saturated heterocycles. The highest BCUT2D eigenvalue weighted by Gasteiger charge is 2.17. The van der Waals surface area contributed by atoms with Crippen molar-refractivity contribution in [1.82, 2.24) is 20.2 Å². The summed E-state index contributed by atoms with van der Waals surface area (Å²) in [5, 5.41) is 13.4. The molecule has 162 valence electrons. The molecule has 0 radical (unpaired) electrons. The topological polar surface area (TPSA) is 72.2 Å². The van der Waals surface area contributed by atoms with Gasteiger partial charge in [-0.3, -0.25) is 4.79 Å². The third kappa shape index (κ3) is 6.27. The summed E-state index contributed by atoms with van der Waals surface area (Å²) in [5.74, 6) is 0.813. The maximum Gasteiger partial charge on any atom is 0.250 e. The number of amides is 1. The van der Waals surface area contributed by atoms with Gasteiger partial charge in [0, 0.05) is 16.6 Å². The van der Waals surface area contributed by atoms with Crippen LogP contribution in [0.1, 0.15) is 38.8 Å². The summed E-state index contributed by atoms with van der Waals surface area (Å²) in [6, 6.07) is 16.1. The molecule has 0 spiro atoms. The number of hydrazone groups is 1. The number of halogens is 1. The van der Waals surface area contributed by atoms with Crippen LogP contribution in [0.5, 0.6) is 0 Å². The molecule has 0 fully saturated rings. The summed E-state index contributed by atoms with van der Waals surface area (Å²) in [6.45, 7) is 9.34. The molecule has 1 amide bonds. The first-order chi connectivity index (χ1) is 14.8. The molecule has 1 N–H and O–H groups in total. The van der Waals surface area contributed by atoms with E-state index in [2.05, 4.69) is 81.7 Å². The minimum atomic E-state index is -0.196. The van der Waals surface area contributed by atoms with E-state index in [1.807, 2.05) is 35.8 Å². The van der Waals surface area contributed by atoms with E-state index in [0.717, 1.165) is 21.4 Å². The number of hydrogen-bond acceptors (Lipinski definition) is 5. The van der Waals surface area contributed by atoms with Crippen LogP contribution in [0.15, 0.2) is 63.3 Å². The highest BCUT2D eigenvalue weighted by molar-refractivity contribution is 9.10. The lowest BCUT2D eigenvalue weighted by molar-refractivity contribution is -0.118. The van der Waals surface area contributed by atoms with E-state index >= 15 is 0 Å². The molecule has 1 aromatic heterocycles. The van der Waals surface area contributed by atoms with Gasteiger partial charge in [-0.15, -0.1) is 10.2 Å². The molecular formula is C23H26BrN5OS. The summed E-state index contributed by atoms with van der Waals surface area (Å²) in [6.07, 6.45) is 1.61. The largest absolute Gasteiger partial charge is 0.302 e. The Hall–Kier alpha value is -2.45. The zero-order valence-electron chi connectivity index (χ0n) is 18.1. The predicted molar refractivity (Wildman–Crippen MR) is 130 cm³/mol. The minimum absolute atomic E-state index is 0.102. The van der Waals surface area contributed by atoms with Crippen molar-refractivity contribution in [3.63, 3.8) is 0 Å². The van der Waals surface area contributed by atoms with Gasteiger partial charge in [0.15, 0.2) is 11.0 Å². The number of rotatable bonds is 7. The van der Waals surface area contributed by atoms with Gasteiger partial charge in [0.25, 0.3) is 5.91 Å². The smallest absolute Gasteiger partial charge is 0.250 e. The Bertz CT molecular complexity index is 1070. The molecule has 8 heteroatoms. The summed E-state index contributed by atoms with van der Waals surface area (Å²) >= 11 is 4.76. The molecule has 6 nitrogen and oxygen atoms in total. The SMILES string of the molecule is CCn1c(SCC(=O)NN=Cc2cccc(Br)c2)nnc1-c1ccc(C(C)(C)C)cc1. The third-order valence-corrected chi connectivity index (χ3v) is 6.09. The van der Waals surface area contributed by atoms with Crippen molar-refractivity contribution in [3.05, 3.63) is 64.1 Å². The molecule has 0 bridgehead atoms. The van der Waals surface area contributed by atoms with Crippen LogP contribution in [0.25, 0.3) is 11.4 Å². The standard InChI is InChI=1S/C23H26BrN5OS/c1-5-29-21(17-9-11-18(12-10-17)23(2,3)4)27-28-22(29)31-15-20(30)26-25-14-16-7-6-8-19(24)13-16/h6-14H,5,15H2,1-4H3,(H,26,30). The van der Waals surface area contributed by atoms with Crippen molar-refractivity contribution in [2.75, 3.05) is 5.75 Å². The second-order valence-electron chi connectivity index (χ2n) is 8.01. The average Bonchev–Trinajstić information content (AvgIpc) is 3.15. The molecule has 0 atom stereocenters. The van der Waals surface area contributed by atoms with Crippen molar-refractivity contribution in [1.29, 1.82) is 0 Å². The molecule has 31 heavy (non-hydrogen) atoms. The fourth-order valence-corrected chi connectivity index (χ4v) is 4.15. The second-order valence-corrected chi connectivity index (χ2v) is 9.87. The number of nitrogens with one attached hydrogen (secondary N) is 1. The molecule has 0 aliphatic heterocycles. The Morgan fingerprint density at radius 3 is 2.58 bits per heavy atom. The maximum absolute atomic E-state index is 12.2. The maximum atomic E-state index is 12.2. The van der Waals surface area contributed by atoms with Gasteiger partial charge in [-0.25, -0.2) is 5.43 Å². The Morgan fingerprint density at radius 1 is 1.19 bits per heavy atom. The van der Waals surface area contributed by atoms with Gasteiger partial charge >= 0.3 is 0 Å². The predicted octanol–water partition coefficient (Wildman–Crippen LogP) is 5.27. The summed E-state index contributed by atoms with van der Waals surface area (Å²) in [4.78, 5) is 12.2. The molecular weight excluding hydrogens is 474 g/mol. The van der Waals surface area contributed by atoms with Crippen molar-refractivity contribution in [3.8, 4) is 11.4 Å². The van der Waals surface area contributed by atoms with Crippen molar-refractivity contribution >= 4 is 39.8 Å². The van der Waals surface area contributed by atoms with Gasteiger partial charge in [0.1, 0.15) is 0 Å². The van der Waals surface area contributed by atoms with Gasteiger partial charge in [0.2, 0.25) is 0 Å². The normalized spacial score (nSPS) is 11.8. The third-order valence-electron chi connectivity index (χ3n) is 4.63. The molecule has 2 aromatic carbocycles. The Kier molecular flexibility index (Phi) is 7.67. The van der Waals surface area contributed by atoms with E-state index in [4.69, 9.17) is 0 Å².